The highest BCUT2D eigenvalue weighted by Crippen LogP contribution is 2.42. The molecule has 3 heterocycles. The molecule has 0 amide bonds. The summed E-state index contributed by atoms with van der Waals surface area (Å²) in [4.78, 5) is 4.58. The molecule has 2 aromatic rings. The van der Waals surface area contributed by atoms with Gasteiger partial charge < -0.3 is 10.1 Å². The molecule has 1 saturated carbocycles. The number of alkyl halides is 3. The van der Waals surface area contributed by atoms with Crippen LogP contribution in [0.3, 0.4) is 0 Å². The summed E-state index contributed by atoms with van der Waals surface area (Å²) in [6.45, 7) is 6.08. The zero-order valence-electron chi connectivity index (χ0n) is 15.6. The van der Waals surface area contributed by atoms with Gasteiger partial charge in [0.2, 0.25) is 0 Å². The summed E-state index contributed by atoms with van der Waals surface area (Å²) in [5.74, 6) is -1.13. The fourth-order valence-corrected chi connectivity index (χ4v) is 4.30. The Morgan fingerprint density at radius 3 is 2.59 bits per heavy atom. The van der Waals surface area contributed by atoms with Gasteiger partial charge in [-0.1, -0.05) is 0 Å². The summed E-state index contributed by atoms with van der Waals surface area (Å²) in [7, 11) is 0. The van der Waals surface area contributed by atoms with Crippen LogP contribution in [0.25, 0.3) is 5.65 Å². The highest BCUT2D eigenvalue weighted by Gasteiger charge is 2.42. The monoisotopic (exact) mass is 382 g/mol. The number of rotatable bonds is 2. The van der Waals surface area contributed by atoms with Gasteiger partial charge in [0, 0.05) is 30.8 Å². The number of hydrogen-bond acceptors (Lipinski definition) is 4. The Bertz CT molecular complexity index is 818. The van der Waals surface area contributed by atoms with Crippen molar-refractivity contribution in [1.29, 1.82) is 0 Å². The molecule has 0 radical (unpaired) electrons. The maximum atomic E-state index is 12.9. The lowest BCUT2D eigenvalue weighted by atomic mass is 9.80. The quantitative estimate of drug-likeness (QED) is 0.860. The summed E-state index contributed by atoms with van der Waals surface area (Å²) in [6, 6.07) is 3.91. The molecule has 1 N–H and O–H groups in total. The molecule has 1 aliphatic carbocycles. The Hall–Kier alpha value is -1.67. The van der Waals surface area contributed by atoms with Gasteiger partial charge in [-0.3, -0.25) is 0 Å². The first-order valence-electron chi connectivity index (χ1n) is 9.55. The van der Waals surface area contributed by atoms with Gasteiger partial charge >= 0.3 is 6.18 Å². The smallest absolute Gasteiger partial charge is 0.366 e. The van der Waals surface area contributed by atoms with Crippen LogP contribution in [0.2, 0.25) is 0 Å². The Balaban J connectivity index is 1.64. The zero-order valence-corrected chi connectivity index (χ0v) is 15.6. The summed E-state index contributed by atoms with van der Waals surface area (Å²) in [5.41, 5.74) is 2.85. The molecular weight excluding hydrogens is 357 g/mol. The van der Waals surface area contributed by atoms with Gasteiger partial charge in [0.05, 0.1) is 23.9 Å². The third kappa shape index (κ3) is 3.57. The fraction of sp³-hybridized carbons (Fsp3) is 0.684. The van der Waals surface area contributed by atoms with Crippen LogP contribution in [0, 0.1) is 12.8 Å². The minimum Gasteiger partial charge on any atom is -0.366 e. The van der Waals surface area contributed by atoms with Crippen LogP contribution in [0.5, 0.6) is 0 Å². The molecule has 2 aromatic heterocycles. The van der Waals surface area contributed by atoms with Gasteiger partial charge in [0.25, 0.3) is 0 Å². The third-order valence-electron chi connectivity index (χ3n) is 5.89. The van der Waals surface area contributed by atoms with E-state index >= 15 is 0 Å². The highest BCUT2D eigenvalue weighted by atomic mass is 19.4. The molecule has 1 atom stereocenters. The van der Waals surface area contributed by atoms with Gasteiger partial charge in [-0.15, -0.1) is 0 Å². The van der Waals surface area contributed by atoms with Crippen LogP contribution in [-0.2, 0) is 10.3 Å². The van der Waals surface area contributed by atoms with E-state index in [-0.39, 0.29) is 18.8 Å². The molecule has 0 spiro atoms. The molecule has 148 valence electrons. The second-order valence-electron chi connectivity index (χ2n) is 7.97. The molecule has 1 aliphatic heterocycles. The lowest BCUT2D eigenvalue weighted by Gasteiger charge is -2.34. The van der Waals surface area contributed by atoms with Crippen LogP contribution in [-0.4, -0.2) is 40.5 Å². The number of nitrogens with one attached hydrogen (secondary N) is 1. The van der Waals surface area contributed by atoms with Crippen molar-refractivity contribution in [2.75, 3.05) is 19.7 Å². The Morgan fingerprint density at radius 2 is 1.96 bits per heavy atom. The van der Waals surface area contributed by atoms with E-state index in [1.807, 2.05) is 30.5 Å². The Morgan fingerprint density at radius 1 is 1.22 bits per heavy atom. The average molecular weight is 382 g/mol. The maximum Gasteiger partial charge on any atom is 0.391 e. The Labute approximate surface area is 156 Å². The standard InChI is InChI=1S/C19H25F3N4O/c1-12-9-16(18(2)11-23-7-8-27-18)26-17(24-12)10-15(25-26)13-3-5-14(6-4-13)19(20,21)22/h9-10,13-14,23H,3-8,11H2,1-2H3. The highest BCUT2D eigenvalue weighted by molar-refractivity contribution is 5.44. The number of nitrogens with zero attached hydrogens (tertiary/aromatic N) is 3. The summed E-state index contributed by atoms with van der Waals surface area (Å²) in [5, 5.41) is 8.10. The van der Waals surface area contributed by atoms with E-state index in [1.165, 1.54) is 0 Å². The number of aromatic nitrogens is 3. The summed E-state index contributed by atoms with van der Waals surface area (Å²) < 4.78 is 46.7. The molecule has 1 unspecified atom stereocenters. The van der Waals surface area contributed by atoms with Gasteiger partial charge in [-0.25, -0.2) is 9.50 Å². The zero-order chi connectivity index (χ0) is 19.2. The third-order valence-corrected chi connectivity index (χ3v) is 5.89. The van der Waals surface area contributed by atoms with E-state index in [4.69, 9.17) is 9.84 Å². The SMILES string of the molecule is Cc1cc(C2(C)CNCCO2)n2nc(C3CCC(C(F)(F)F)CC3)cc2n1. The predicted molar refractivity (Wildman–Crippen MR) is 94.7 cm³/mol. The largest absolute Gasteiger partial charge is 0.391 e. The van der Waals surface area contributed by atoms with E-state index in [2.05, 4.69) is 10.3 Å². The molecule has 5 nitrogen and oxygen atoms in total. The molecule has 2 aliphatic rings. The molecule has 4 rings (SSSR count). The average Bonchev–Trinajstić information content (AvgIpc) is 3.04. The van der Waals surface area contributed by atoms with Gasteiger partial charge in [0.1, 0.15) is 5.60 Å². The van der Waals surface area contributed by atoms with E-state index < -0.39 is 17.7 Å². The normalized spacial score (nSPS) is 30.0. The van der Waals surface area contributed by atoms with E-state index in [1.54, 1.807) is 0 Å². The predicted octanol–water partition coefficient (Wildman–Crippen LogP) is 3.71. The van der Waals surface area contributed by atoms with Gasteiger partial charge in [-0.05, 0) is 45.6 Å². The lowest BCUT2D eigenvalue weighted by Crippen LogP contribution is -2.46. The molecule has 1 saturated heterocycles. The molecule has 8 heteroatoms. The number of hydrogen-bond donors (Lipinski definition) is 1. The number of aryl methyl sites for hydroxylation is 1. The Kier molecular flexibility index (Phi) is 4.66. The first-order chi connectivity index (χ1) is 12.8. The van der Waals surface area contributed by atoms with Crippen molar-refractivity contribution in [1.82, 2.24) is 19.9 Å². The molecule has 2 fully saturated rings. The second-order valence-corrected chi connectivity index (χ2v) is 7.97. The molecule has 27 heavy (non-hydrogen) atoms. The van der Waals surface area contributed by atoms with Crippen molar-refractivity contribution in [3.8, 4) is 0 Å². The van der Waals surface area contributed by atoms with Gasteiger partial charge in [-0.2, -0.15) is 18.3 Å². The van der Waals surface area contributed by atoms with Crippen LogP contribution in [0.4, 0.5) is 13.2 Å². The van der Waals surface area contributed by atoms with Crippen LogP contribution in [0.15, 0.2) is 12.1 Å². The van der Waals surface area contributed by atoms with Crippen molar-refractivity contribution in [2.45, 2.75) is 57.2 Å². The van der Waals surface area contributed by atoms with E-state index in [9.17, 15) is 13.2 Å². The van der Waals surface area contributed by atoms with Crippen LogP contribution in [0.1, 0.15) is 55.6 Å². The van der Waals surface area contributed by atoms with Crippen molar-refractivity contribution in [2.24, 2.45) is 5.92 Å². The van der Waals surface area contributed by atoms with Crippen LogP contribution >= 0.6 is 0 Å². The number of morpholine rings is 1. The summed E-state index contributed by atoms with van der Waals surface area (Å²) >= 11 is 0. The molecular formula is C19H25F3N4O. The van der Waals surface area contributed by atoms with Crippen molar-refractivity contribution < 1.29 is 17.9 Å². The van der Waals surface area contributed by atoms with Crippen molar-refractivity contribution >= 4 is 5.65 Å². The minimum atomic E-state index is -4.09. The topological polar surface area (TPSA) is 51.5 Å². The van der Waals surface area contributed by atoms with Crippen LogP contribution < -0.4 is 5.32 Å². The molecule has 0 aromatic carbocycles. The van der Waals surface area contributed by atoms with E-state index in [0.717, 1.165) is 29.3 Å². The van der Waals surface area contributed by atoms with Gasteiger partial charge in [0.15, 0.2) is 5.65 Å². The van der Waals surface area contributed by atoms with E-state index in [0.29, 0.717) is 26.0 Å². The number of ether oxygens (including phenoxy) is 1. The first kappa shape index (κ1) is 18.7. The van der Waals surface area contributed by atoms with Crippen molar-refractivity contribution in [3.63, 3.8) is 0 Å². The minimum absolute atomic E-state index is 0.0525. The molecule has 0 bridgehead atoms. The lowest BCUT2D eigenvalue weighted by molar-refractivity contribution is -0.182. The summed E-state index contributed by atoms with van der Waals surface area (Å²) in [6.07, 6.45) is -2.72. The number of halogens is 3. The number of fused-ring (bicyclic) bond motifs is 1. The van der Waals surface area contributed by atoms with Crippen molar-refractivity contribution in [3.05, 3.63) is 29.2 Å². The second kappa shape index (κ2) is 6.74. The first-order valence-corrected chi connectivity index (χ1v) is 9.55. The maximum absolute atomic E-state index is 12.9. The fourth-order valence-electron chi connectivity index (χ4n) is 4.30.